The minimum absolute atomic E-state index is 0.00945. The predicted molar refractivity (Wildman–Crippen MR) is 87.3 cm³/mol. The maximum atomic E-state index is 5.65. The number of nitrogens with zero attached hydrogens (tertiary/aromatic N) is 1. The Hall–Kier alpha value is -0.840. The average Bonchev–Trinajstić information content (AvgIpc) is 2.37. The molecule has 2 atom stereocenters. The van der Waals surface area contributed by atoms with Gasteiger partial charge in [0.25, 0.3) is 0 Å². The van der Waals surface area contributed by atoms with E-state index < -0.39 is 0 Å². The number of thioether (sulfide) groups is 1. The summed E-state index contributed by atoms with van der Waals surface area (Å²) in [5.74, 6) is 0. The van der Waals surface area contributed by atoms with Crippen molar-refractivity contribution in [1.82, 2.24) is 5.32 Å². The van der Waals surface area contributed by atoms with Gasteiger partial charge >= 0.3 is 0 Å². The first kappa shape index (κ1) is 15.5. The summed E-state index contributed by atoms with van der Waals surface area (Å²) in [6, 6.07) is 8.71. The first-order valence-corrected chi connectivity index (χ1v) is 8.01. The van der Waals surface area contributed by atoms with E-state index in [2.05, 4.69) is 62.3 Å². The molecule has 2 unspecified atom stereocenters. The van der Waals surface area contributed by atoms with E-state index in [4.69, 9.17) is 4.74 Å². The minimum atomic E-state index is -0.00945. The first-order chi connectivity index (χ1) is 9.40. The van der Waals surface area contributed by atoms with E-state index in [1.165, 1.54) is 11.1 Å². The van der Waals surface area contributed by atoms with Crippen molar-refractivity contribution >= 4 is 16.8 Å². The smallest absolute Gasteiger partial charge is 0.163 e. The number of hydrogen-bond donors (Lipinski definition) is 1. The molecule has 20 heavy (non-hydrogen) atoms. The Morgan fingerprint density at radius 3 is 2.45 bits per heavy atom. The summed E-state index contributed by atoms with van der Waals surface area (Å²) in [4.78, 5) is 4.67. The maximum absolute atomic E-state index is 5.65. The molecule has 4 heteroatoms. The van der Waals surface area contributed by atoms with Gasteiger partial charge in [0.2, 0.25) is 0 Å². The van der Waals surface area contributed by atoms with Crippen LogP contribution >= 0.6 is 11.8 Å². The third-order valence-electron chi connectivity index (χ3n) is 3.22. The van der Waals surface area contributed by atoms with Gasteiger partial charge in [-0.1, -0.05) is 56.8 Å². The van der Waals surface area contributed by atoms with Gasteiger partial charge in [0.15, 0.2) is 5.56 Å². The Labute approximate surface area is 126 Å². The summed E-state index contributed by atoms with van der Waals surface area (Å²) in [6.45, 7) is 11.4. The van der Waals surface area contributed by atoms with Crippen molar-refractivity contribution in [2.24, 2.45) is 4.99 Å². The van der Waals surface area contributed by atoms with Crippen LogP contribution in [0.3, 0.4) is 0 Å². The molecular weight excluding hydrogens is 268 g/mol. The molecule has 110 valence electrons. The lowest BCUT2D eigenvalue weighted by molar-refractivity contribution is 0.0946. The molecule has 1 N–H and O–H groups in total. The summed E-state index contributed by atoms with van der Waals surface area (Å²) in [7, 11) is 0. The molecule has 3 nitrogen and oxygen atoms in total. The summed E-state index contributed by atoms with van der Waals surface area (Å²) in [5, 5.41) is 4.36. The third kappa shape index (κ3) is 3.84. The number of hydrogen-bond acceptors (Lipinski definition) is 4. The van der Waals surface area contributed by atoms with E-state index >= 15 is 0 Å². The highest BCUT2D eigenvalue weighted by molar-refractivity contribution is 8.14. The van der Waals surface area contributed by atoms with Gasteiger partial charge in [-0.2, -0.15) is 0 Å². The maximum Gasteiger partial charge on any atom is 0.163 e. The van der Waals surface area contributed by atoms with Crippen LogP contribution in [-0.2, 0) is 10.2 Å². The molecule has 0 fully saturated rings. The summed E-state index contributed by atoms with van der Waals surface area (Å²) in [6.07, 6.45) is 0.0880. The van der Waals surface area contributed by atoms with E-state index in [1.54, 1.807) is 11.8 Å². The van der Waals surface area contributed by atoms with Gasteiger partial charge < -0.3 is 4.74 Å². The Bertz CT molecular complexity index is 476. The molecule has 0 saturated heterocycles. The monoisotopic (exact) mass is 292 g/mol. The van der Waals surface area contributed by atoms with Crippen LogP contribution in [0.4, 0.5) is 0 Å². The van der Waals surface area contributed by atoms with E-state index in [1.807, 2.05) is 6.92 Å². The molecule has 1 aliphatic heterocycles. The topological polar surface area (TPSA) is 33.6 Å². The van der Waals surface area contributed by atoms with Gasteiger partial charge in [-0.25, -0.2) is 0 Å². The van der Waals surface area contributed by atoms with Crippen molar-refractivity contribution in [2.45, 2.75) is 51.8 Å². The fourth-order valence-electron chi connectivity index (χ4n) is 2.06. The van der Waals surface area contributed by atoms with E-state index in [0.29, 0.717) is 6.61 Å². The normalized spacial score (nSPS) is 23.6. The average molecular weight is 292 g/mol. The summed E-state index contributed by atoms with van der Waals surface area (Å²) >= 11 is 1.64. The molecule has 1 aromatic carbocycles. The van der Waals surface area contributed by atoms with Crippen molar-refractivity contribution < 1.29 is 4.74 Å². The highest BCUT2D eigenvalue weighted by Gasteiger charge is 2.22. The van der Waals surface area contributed by atoms with Crippen LogP contribution in [0.2, 0.25) is 0 Å². The second-order valence-corrected chi connectivity index (χ2v) is 7.06. The Morgan fingerprint density at radius 2 is 1.90 bits per heavy atom. The molecule has 2 rings (SSSR count). The molecule has 0 aromatic heterocycles. The summed E-state index contributed by atoms with van der Waals surface area (Å²) < 4.78 is 5.65. The van der Waals surface area contributed by atoms with Gasteiger partial charge in [-0.3, -0.25) is 10.3 Å². The van der Waals surface area contributed by atoms with Gasteiger partial charge in [0.1, 0.15) is 11.2 Å². The van der Waals surface area contributed by atoms with Crippen LogP contribution in [0.5, 0.6) is 0 Å². The molecule has 0 amide bonds. The molecule has 1 heterocycles. The van der Waals surface area contributed by atoms with Crippen molar-refractivity contribution in [3.05, 3.63) is 35.4 Å². The zero-order valence-electron chi connectivity index (χ0n) is 12.9. The van der Waals surface area contributed by atoms with Crippen LogP contribution in [0.15, 0.2) is 29.3 Å². The molecule has 0 saturated carbocycles. The quantitative estimate of drug-likeness (QED) is 0.921. The van der Waals surface area contributed by atoms with E-state index in [9.17, 15) is 0 Å². The number of ether oxygens (including phenoxy) is 1. The molecule has 1 aliphatic rings. The Balaban J connectivity index is 2.18. The van der Waals surface area contributed by atoms with Crippen molar-refractivity contribution in [2.75, 3.05) is 6.61 Å². The van der Waals surface area contributed by atoms with Crippen LogP contribution in [0.1, 0.15) is 45.7 Å². The second kappa shape index (κ2) is 6.29. The number of benzene rings is 1. The van der Waals surface area contributed by atoms with Crippen molar-refractivity contribution in [3.8, 4) is 0 Å². The van der Waals surface area contributed by atoms with E-state index in [-0.39, 0.29) is 17.1 Å². The second-order valence-electron chi connectivity index (χ2n) is 6.01. The van der Waals surface area contributed by atoms with Gasteiger partial charge in [0.05, 0.1) is 0 Å². The fourth-order valence-corrected chi connectivity index (χ4v) is 3.23. The lowest BCUT2D eigenvalue weighted by atomic mass is 9.87. The molecule has 0 radical (unpaired) electrons. The highest BCUT2D eigenvalue weighted by Crippen LogP contribution is 2.26. The third-order valence-corrected chi connectivity index (χ3v) is 4.27. The Kier molecular flexibility index (Phi) is 4.89. The molecule has 0 spiro atoms. The van der Waals surface area contributed by atoms with Crippen LogP contribution < -0.4 is 5.32 Å². The molecule has 0 bridgehead atoms. The zero-order chi connectivity index (χ0) is 14.8. The largest absolute Gasteiger partial charge is 0.354 e. The van der Waals surface area contributed by atoms with Crippen molar-refractivity contribution in [1.29, 1.82) is 0 Å². The van der Waals surface area contributed by atoms with Gasteiger partial charge in [-0.15, -0.1) is 0 Å². The van der Waals surface area contributed by atoms with Crippen LogP contribution in [-0.4, -0.2) is 23.4 Å². The summed E-state index contributed by atoms with van der Waals surface area (Å²) in [5.41, 5.74) is 2.68. The number of aliphatic imine (C=N–C) groups is 1. The predicted octanol–water partition coefficient (Wildman–Crippen LogP) is 3.73. The van der Waals surface area contributed by atoms with E-state index in [0.717, 1.165) is 5.04 Å². The highest BCUT2D eigenvalue weighted by atomic mass is 32.2. The fraction of sp³-hybridized carbons (Fsp3) is 0.562. The molecule has 1 aromatic rings. The van der Waals surface area contributed by atoms with Gasteiger partial charge in [-0.05, 0) is 24.8 Å². The SMILES string of the molecule is CCOC1NC(C)N=C(c2ccc(C(C)(C)C)cc2)S1. The van der Waals surface area contributed by atoms with Gasteiger partial charge in [0, 0.05) is 12.2 Å². The molecular formula is C16H24N2OS. The minimum Gasteiger partial charge on any atom is -0.354 e. The molecule has 0 aliphatic carbocycles. The Morgan fingerprint density at radius 1 is 1.25 bits per heavy atom. The number of nitrogens with one attached hydrogen (secondary N) is 1. The number of rotatable bonds is 3. The van der Waals surface area contributed by atoms with Crippen LogP contribution in [0.25, 0.3) is 0 Å². The zero-order valence-corrected chi connectivity index (χ0v) is 13.8. The van der Waals surface area contributed by atoms with Crippen LogP contribution in [0, 0.1) is 0 Å². The first-order valence-electron chi connectivity index (χ1n) is 7.13. The lowest BCUT2D eigenvalue weighted by Gasteiger charge is -2.27. The lowest BCUT2D eigenvalue weighted by Crippen LogP contribution is -2.40. The standard InChI is InChI=1S/C16H24N2OS/c1-6-19-15-18-11(2)17-14(20-15)12-7-9-13(10-8-12)16(3,4)5/h7-11,15,18H,6H2,1-5H3. The van der Waals surface area contributed by atoms with Crippen molar-refractivity contribution in [3.63, 3.8) is 0 Å².